The number of nitrogens with zero attached hydrogens (tertiary/aromatic N) is 3. The van der Waals surface area contributed by atoms with Gasteiger partial charge in [0.25, 0.3) is 0 Å². The van der Waals surface area contributed by atoms with Crippen LogP contribution in [0.1, 0.15) is 32.9 Å². The van der Waals surface area contributed by atoms with Crippen LogP contribution in [0.15, 0.2) is 6.07 Å². The van der Waals surface area contributed by atoms with E-state index in [2.05, 4.69) is 35.6 Å². The molecule has 0 radical (unpaired) electrons. The molecule has 1 aromatic heterocycles. The summed E-state index contributed by atoms with van der Waals surface area (Å²) in [6.45, 7) is 10.5. The molecule has 0 aromatic carbocycles. The Morgan fingerprint density at radius 3 is 2.56 bits per heavy atom. The third-order valence-corrected chi connectivity index (χ3v) is 2.79. The van der Waals surface area contributed by atoms with E-state index in [0.29, 0.717) is 11.9 Å². The van der Waals surface area contributed by atoms with Crippen LogP contribution in [0.25, 0.3) is 0 Å². The monoisotopic (exact) mass is 222 g/mol. The molecule has 4 heteroatoms. The van der Waals surface area contributed by atoms with E-state index in [1.807, 2.05) is 13.0 Å². The van der Waals surface area contributed by atoms with Gasteiger partial charge in [-0.05, 0) is 19.8 Å². The first-order valence-corrected chi connectivity index (χ1v) is 5.92. The molecule has 2 N–H and O–H groups in total. The first-order valence-electron chi connectivity index (χ1n) is 5.92. The van der Waals surface area contributed by atoms with Crippen LogP contribution >= 0.6 is 0 Å². The lowest BCUT2D eigenvalue weighted by molar-refractivity contribution is 0.545. The van der Waals surface area contributed by atoms with Gasteiger partial charge in [-0.3, -0.25) is 0 Å². The van der Waals surface area contributed by atoms with Gasteiger partial charge in [-0.2, -0.15) is 4.98 Å². The fraction of sp³-hybridized carbons (Fsp3) is 0.667. The molecule has 90 valence electrons. The number of hydrogen-bond donors (Lipinski definition) is 1. The van der Waals surface area contributed by atoms with Crippen molar-refractivity contribution in [3.05, 3.63) is 11.8 Å². The van der Waals surface area contributed by atoms with Gasteiger partial charge in [-0.15, -0.1) is 0 Å². The molecule has 4 nitrogen and oxygen atoms in total. The molecule has 1 unspecified atom stereocenters. The molecule has 1 atom stereocenters. The second kappa shape index (κ2) is 5.68. The van der Waals surface area contributed by atoms with Gasteiger partial charge in [0.15, 0.2) is 0 Å². The van der Waals surface area contributed by atoms with Crippen LogP contribution < -0.4 is 10.6 Å². The lowest BCUT2D eigenvalue weighted by Crippen LogP contribution is -2.29. The SMILES string of the molecule is CCC(C)CN(CC)c1cc(C)nc(N)n1. The average molecular weight is 222 g/mol. The van der Waals surface area contributed by atoms with Crippen LogP contribution in [0, 0.1) is 12.8 Å². The predicted molar refractivity (Wildman–Crippen MR) is 68.5 cm³/mol. The Morgan fingerprint density at radius 1 is 1.38 bits per heavy atom. The van der Waals surface area contributed by atoms with Gasteiger partial charge in [0.1, 0.15) is 5.82 Å². The zero-order valence-corrected chi connectivity index (χ0v) is 10.7. The van der Waals surface area contributed by atoms with E-state index in [1.54, 1.807) is 0 Å². The van der Waals surface area contributed by atoms with Crippen molar-refractivity contribution in [2.45, 2.75) is 34.1 Å². The van der Waals surface area contributed by atoms with E-state index in [0.717, 1.165) is 24.6 Å². The maximum atomic E-state index is 5.67. The van der Waals surface area contributed by atoms with Crippen LogP contribution in [0.3, 0.4) is 0 Å². The molecule has 16 heavy (non-hydrogen) atoms. The molecule has 0 saturated heterocycles. The molecule has 1 rings (SSSR count). The average Bonchev–Trinajstić information content (AvgIpc) is 2.24. The van der Waals surface area contributed by atoms with E-state index < -0.39 is 0 Å². The Balaban J connectivity index is 2.86. The van der Waals surface area contributed by atoms with Gasteiger partial charge in [0, 0.05) is 24.8 Å². The molecule has 0 amide bonds. The zero-order valence-electron chi connectivity index (χ0n) is 10.7. The number of hydrogen-bond acceptors (Lipinski definition) is 4. The van der Waals surface area contributed by atoms with E-state index in [1.165, 1.54) is 6.42 Å². The quantitative estimate of drug-likeness (QED) is 0.830. The van der Waals surface area contributed by atoms with Crippen molar-refractivity contribution in [1.29, 1.82) is 0 Å². The summed E-state index contributed by atoms with van der Waals surface area (Å²) in [7, 11) is 0. The van der Waals surface area contributed by atoms with Crippen molar-refractivity contribution in [3.8, 4) is 0 Å². The van der Waals surface area contributed by atoms with E-state index in [-0.39, 0.29) is 0 Å². The minimum atomic E-state index is 0.359. The Kier molecular flexibility index (Phi) is 4.52. The molecule has 0 saturated carbocycles. The smallest absolute Gasteiger partial charge is 0.222 e. The summed E-state index contributed by atoms with van der Waals surface area (Å²) < 4.78 is 0. The predicted octanol–water partition coefficient (Wildman–Crippen LogP) is 2.24. The molecule has 0 fully saturated rings. The van der Waals surface area contributed by atoms with Crippen LogP contribution in [0.5, 0.6) is 0 Å². The summed E-state index contributed by atoms with van der Waals surface area (Å²) in [6, 6.07) is 1.99. The van der Waals surface area contributed by atoms with Crippen molar-refractivity contribution in [2.24, 2.45) is 5.92 Å². The van der Waals surface area contributed by atoms with Crippen molar-refractivity contribution < 1.29 is 0 Å². The highest BCUT2D eigenvalue weighted by atomic mass is 15.2. The van der Waals surface area contributed by atoms with E-state index in [9.17, 15) is 0 Å². The minimum Gasteiger partial charge on any atom is -0.368 e. The normalized spacial score (nSPS) is 12.5. The molecule has 1 aromatic rings. The van der Waals surface area contributed by atoms with Gasteiger partial charge in [0.2, 0.25) is 5.95 Å². The van der Waals surface area contributed by atoms with Gasteiger partial charge in [-0.25, -0.2) is 4.98 Å². The van der Waals surface area contributed by atoms with Crippen molar-refractivity contribution in [3.63, 3.8) is 0 Å². The van der Waals surface area contributed by atoms with Crippen LogP contribution in [-0.2, 0) is 0 Å². The third-order valence-electron chi connectivity index (χ3n) is 2.79. The number of nitrogen functional groups attached to an aromatic ring is 1. The highest BCUT2D eigenvalue weighted by Gasteiger charge is 2.10. The number of aryl methyl sites for hydroxylation is 1. The fourth-order valence-corrected chi connectivity index (χ4v) is 1.63. The first-order chi connectivity index (χ1) is 7.56. The maximum absolute atomic E-state index is 5.67. The number of nitrogens with two attached hydrogens (primary N) is 1. The van der Waals surface area contributed by atoms with Crippen LogP contribution in [0.4, 0.5) is 11.8 Å². The van der Waals surface area contributed by atoms with Gasteiger partial charge < -0.3 is 10.6 Å². The summed E-state index contributed by atoms with van der Waals surface area (Å²) in [4.78, 5) is 10.6. The molecule has 0 aliphatic rings. The Hall–Kier alpha value is -1.32. The molecule has 0 bridgehead atoms. The highest BCUT2D eigenvalue weighted by molar-refractivity contribution is 5.43. The first kappa shape index (κ1) is 12.7. The zero-order chi connectivity index (χ0) is 12.1. The third kappa shape index (κ3) is 3.36. The molecule has 0 aliphatic heterocycles. The molecule has 0 spiro atoms. The lowest BCUT2D eigenvalue weighted by Gasteiger charge is -2.25. The molecular formula is C12H22N4. The van der Waals surface area contributed by atoms with Gasteiger partial charge in [-0.1, -0.05) is 20.3 Å². The molecule has 1 heterocycles. The highest BCUT2D eigenvalue weighted by Crippen LogP contribution is 2.15. The Bertz CT molecular complexity index is 318. The van der Waals surface area contributed by atoms with E-state index >= 15 is 0 Å². The summed E-state index contributed by atoms with van der Waals surface area (Å²) >= 11 is 0. The lowest BCUT2D eigenvalue weighted by atomic mass is 10.1. The second-order valence-corrected chi connectivity index (χ2v) is 4.28. The van der Waals surface area contributed by atoms with Crippen LogP contribution in [-0.4, -0.2) is 23.1 Å². The van der Waals surface area contributed by atoms with Crippen LogP contribution in [0.2, 0.25) is 0 Å². The largest absolute Gasteiger partial charge is 0.368 e. The Labute approximate surface area is 97.9 Å². The van der Waals surface area contributed by atoms with E-state index in [4.69, 9.17) is 5.73 Å². The summed E-state index contributed by atoms with van der Waals surface area (Å²) in [5, 5.41) is 0. The summed E-state index contributed by atoms with van der Waals surface area (Å²) in [5.74, 6) is 1.96. The van der Waals surface area contributed by atoms with Crippen molar-refractivity contribution in [2.75, 3.05) is 23.7 Å². The standard InChI is InChI=1S/C12H22N4/c1-5-9(3)8-16(6-2)11-7-10(4)14-12(13)15-11/h7,9H,5-6,8H2,1-4H3,(H2,13,14,15). The molecule has 0 aliphatic carbocycles. The summed E-state index contributed by atoms with van der Waals surface area (Å²) in [6.07, 6.45) is 1.18. The van der Waals surface area contributed by atoms with Gasteiger partial charge in [0.05, 0.1) is 0 Å². The fourth-order valence-electron chi connectivity index (χ4n) is 1.63. The Morgan fingerprint density at radius 2 is 2.06 bits per heavy atom. The second-order valence-electron chi connectivity index (χ2n) is 4.28. The number of anilines is 2. The number of rotatable bonds is 5. The molecular weight excluding hydrogens is 200 g/mol. The summed E-state index contributed by atoms with van der Waals surface area (Å²) in [5.41, 5.74) is 6.59. The van der Waals surface area contributed by atoms with Crippen molar-refractivity contribution in [1.82, 2.24) is 9.97 Å². The minimum absolute atomic E-state index is 0.359. The maximum Gasteiger partial charge on any atom is 0.222 e. The number of aromatic nitrogens is 2. The van der Waals surface area contributed by atoms with Crippen molar-refractivity contribution >= 4 is 11.8 Å². The van der Waals surface area contributed by atoms with Gasteiger partial charge >= 0.3 is 0 Å². The topological polar surface area (TPSA) is 55.0 Å².